The zero-order chi connectivity index (χ0) is 12.9. The van der Waals surface area contributed by atoms with Crippen LogP contribution in [0.3, 0.4) is 0 Å². The minimum atomic E-state index is -0.622. The number of carbonyl (C=O) groups excluding carboxylic acids is 1. The minimum absolute atomic E-state index is 0.330. The van der Waals surface area contributed by atoms with Crippen LogP contribution in [0, 0.1) is 0 Å². The molecule has 0 amide bonds. The molecule has 100 valence electrons. The fourth-order valence-electron chi connectivity index (χ4n) is 1.53. The number of ether oxygens (including phenoxy) is 1. The van der Waals surface area contributed by atoms with Crippen molar-refractivity contribution in [3.63, 3.8) is 0 Å². The van der Waals surface area contributed by atoms with Gasteiger partial charge in [0, 0.05) is 5.88 Å². The second-order valence-corrected chi connectivity index (χ2v) is 4.41. The first-order valence-electron chi connectivity index (χ1n) is 6.20. The van der Waals surface area contributed by atoms with Gasteiger partial charge in [-0.3, -0.25) is 0 Å². The van der Waals surface area contributed by atoms with Gasteiger partial charge in [-0.15, -0.1) is 11.6 Å². The molecule has 0 saturated heterocycles. The van der Waals surface area contributed by atoms with Gasteiger partial charge in [0.1, 0.15) is 5.83 Å². The minimum Gasteiger partial charge on any atom is -0.466 e. The molecule has 0 saturated carbocycles. The van der Waals surface area contributed by atoms with Crippen molar-refractivity contribution in [1.29, 1.82) is 0 Å². The van der Waals surface area contributed by atoms with Crippen molar-refractivity contribution in [2.24, 2.45) is 0 Å². The van der Waals surface area contributed by atoms with Crippen LogP contribution < -0.4 is 0 Å². The van der Waals surface area contributed by atoms with E-state index in [1.165, 1.54) is 26.4 Å². The molecule has 0 N–H and O–H groups in total. The van der Waals surface area contributed by atoms with E-state index >= 15 is 0 Å². The quantitative estimate of drug-likeness (QED) is 0.253. The first-order chi connectivity index (χ1) is 8.20. The molecule has 0 aliphatic heterocycles. The van der Waals surface area contributed by atoms with E-state index in [-0.39, 0.29) is 5.83 Å². The third-order valence-electron chi connectivity index (χ3n) is 2.52. The van der Waals surface area contributed by atoms with Gasteiger partial charge in [0.05, 0.1) is 13.2 Å². The Bertz CT molecular complexity index is 229. The standard InChI is InChI=1S/C13H22ClFO2/c1-17-13(16)11-12(15)9-7-5-3-2-4-6-8-10-14/h11H,2-10H2,1H3/b12-11+. The van der Waals surface area contributed by atoms with Gasteiger partial charge in [0.25, 0.3) is 0 Å². The van der Waals surface area contributed by atoms with Gasteiger partial charge in [0.15, 0.2) is 0 Å². The van der Waals surface area contributed by atoms with E-state index in [0.29, 0.717) is 6.42 Å². The van der Waals surface area contributed by atoms with Crippen LogP contribution in [0.1, 0.15) is 51.4 Å². The zero-order valence-electron chi connectivity index (χ0n) is 10.5. The summed E-state index contributed by atoms with van der Waals surface area (Å²) in [5, 5.41) is 0. The van der Waals surface area contributed by atoms with Crippen molar-refractivity contribution in [3.05, 3.63) is 11.9 Å². The molecule has 0 aromatic carbocycles. The molecule has 0 unspecified atom stereocenters. The van der Waals surface area contributed by atoms with Crippen LogP contribution in [0.15, 0.2) is 11.9 Å². The van der Waals surface area contributed by atoms with Gasteiger partial charge < -0.3 is 4.74 Å². The number of methoxy groups -OCH3 is 1. The van der Waals surface area contributed by atoms with Gasteiger partial charge in [-0.25, -0.2) is 9.18 Å². The molecule has 2 nitrogen and oxygen atoms in total. The number of hydrogen-bond donors (Lipinski definition) is 0. The van der Waals surface area contributed by atoms with Crippen LogP contribution in [-0.2, 0) is 9.53 Å². The topological polar surface area (TPSA) is 26.3 Å². The van der Waals surface area contributed by atoms with E-state index < -0.39 is 5.97 Å². The molecule has 4 heteroatoms. The Morgan fingerprint density at radius 3 is 2.18 bits per heavy atom. The molecule has 0 rings (SSSR count). The van der Waals surface area contributed by atoms with Gasteiger partial charge in [0.2, 0.25) is 0 Å². The van der Waals surface area contributed by atoms with Crippen LogP contribution >= 0.6 is 11.6 Å². The summed E-state index contributed by atoms with van der Waals surface area (Å²) < 4.78 is 17.4. The molecule has 17 heavy (non-hydrogen) atoms. The lowest BCUT2D eigenvalue weighted by Crippen LogP contribution is -1.95. The third-order valence-corrected chi connectivity index (χ3v) is 2.79. The van der Waals surface area contributed by atoms with Crippen LogP contribution in [-0.4, -0.2) is 19.0 Å². The van der Waals surface area contributed by atoms with Crippen molar-refractivity contribution >= 4 is 17.6 Å². The fraction of sp³-hybridized carbons (Fsp3) is 0.769. The summed E-state index contributed by atoms with van der Waals surface area (Å²) in [6, 6.07) is 0. The normalized spacial score (nSPS) is 11.6. The molecular weight excluding hydrogens is 243 g/mol. The SMILES string of the molecule is COC(=O)/C=C(/F)CCCCCCCCCCl. The molecular formula is C13H22ClFO2. The molecule has 0 aliphatic carbocycles. The Morgan fingerprint density at radius 2 is 1.65 bits per heavy atom. The predicted octanol–water partition coefficient (Wildman–Crippen LogP) is 4.37. The highest BCUT2D eigenvalue weighted by molar-refractivity contribution is 6.17. The van der Waals surface area contributed by atoms with Crippen molar-refractivity contribution < 1.29 is 13.9 Å². The summed E-state index contributed by atoms with van der Waals surface area (Å²) in [7, 11) is 1.24. The maximum absolute atomic E-state index is 13.1. The zero-order valence-corrected chi connectivity index (χ0v) is 11.3. The molecule has 0 aliphatic rings. The van der Waals surface area contributed by atoms with E-state index in [4.69, 9.17) is 11.6 Å². The van der Waals surface area contributed by atoms with Gasteiger partial charge in [-0.1, -0.05) is 32.1 Å². The Morgan fingerprint density at radius 1 is 1.12 bits per heavy atom. The van der Waals surface area contributed by atoms with E-state index in [9.17, 15) is 9.18 Å². The number of allylic oxidation sites excluding steroid dienone is 1. The van der Waals surface area contributed by atoms with Crippen molar-refractivity contribution in [2.75, 3.05) is 13.0 Å². The molecule has 0 spiro atoms. The highest BCUT2D eigenvalue weighted by Crippen LogP contribution is 2.13. The second kappa shape index (κ2) is 11.9. The lowest BCUT2D eigenvalue weighted by molar-refractivity contribution is -0.134. The summed E-state index contributed by atoms with van der Waals surface area (Å²) >= 11 is 5.57. The smallest absolute Gasteiger partial charge is 0.333 e. The maximum Gasteiger partial charge on any atom is 0.333 e. The van der Waals surface area contributed by atoms with Crippen LogP contribution in [0.4, 0.5) is 4.39 Å². The van der Waals surface area contributed by atoms with E-state index in [1.807, 2.05) is 0 Å². The maximum atomic E-state index is 13.1. The molecule has 0 aromatic rings. The Kier molecular flexibility index (Phi) is 11.5. The monoisotopic (exact) mass is 264 g/mol. The number of unbranched alkanes of at least 4 members (excludes halogenated alkanes) is 6. The van der Waals surface area contributed by atoms with Gasteiger partial charge in [-0.05, 0) is 19.3 Å². The first kappa shape index (κ1) is 16.4. The average molecular weight is 265 g/mol. The molecule has 0 bridgehead atoms. The second-order valence-electron chi connectivity index (χ2n) is 4.03. The van der Waals surface area contributed by atoms with E-state index in [0.717, 1.165) is 37.6 Å². The van der Waals surface area contributed by atoms with E-state index in [2.05, 4.69) is 4.74 Å². The number of halogens is 2. The molecule has 0 aromatic heterocycles. The first-order valence-corrected chi connectivity index (χ1v) is 6.74. The lowest BCUT2D eigenvalue weighted by Gasteiger charge is -2.00. The van der Waals surface area contributed by atoms with Gasteiger partial charge >= 0.3 is 5.97 Å². The molecule has 0 radical (unpaired) electrons. The average Bonchev–Trinajstić information content (AvgIpc) is 2.32. The predicted molar refractivity (Wildman–Crippen MR) is 68.9 cm³/mol. The van der Waals surface area contributed by atoms with Gasteiger partial charge in [-0.2, -0.15) is 0 Å². The highest BCUT2D eigenvalue weighted by Gasteiger charge is 2.00. The number of rotatable bonds is 10. The van der Waals surface area contributed by atoms with Crippen molar-refractivity contribution in [2.45, 2.75) is 51.4 Å². The Balaban J connectivity index is 3.33. The van der Waals surface area contributed by atoms with Crippen molar-refractivity contribution in [1.82, 2.24) is 0 Å². The molecule has 0 fully saturated rings. The van der Waals surface area contributed by atoms with Crippen LogP contribution in [0.2, 0.25) is 0 Å². The summed E-state index contributed by atoms with van der Waals surface area (Å²) in [4.78, 5) is 10.7. The summed E-state index contributed by atoms with van der Waals surface area (Å²) in [6.07, 6.45) is 8.80. The fourth-order valence-corrected chi connectivity index (χ4v) is 1.72. The van der Waals surface area contributed by atoms with E-state index in [1.54, 1.807) is 0 Å². The summed E-state index contributed by atoms with van der Waals surface area (Å²) in [5.74, 6) is -0.272. The largest absolute Gasteiger partial charge is 0.466 e. The molecule has 0 atom stereocenters. The Labute approximate surface area is 108 Å². The van der Waals surface area contributed by atoms with Crippen LogP contribution in [0.5, 0.6) is 0 Å². The highest BCUT2D eigenvalue weighted by atomic mass is 35.5. The molecule has 0 heterocycles. The third kappa shape index (κ3) is 11.7. The number of alkyl halides is 1. The van der Waals surface area contributed by atoms with Crippen LogP contribution in [0.25, 0.3) is 0 Å². The summed E-state index contributed by atoms with van der Waals surface area (Å²) in [5.41, 5.74) is 0. The lowest BCUT2D eigenvalue weighted by atomic mass is 10.1. The Hall–Kier alpha value is -0.570. The van der Waals surface area contributed by atoms with Crippen molar-refractivity contribution in [3.8, 4) is 0 Å². The number of carbonyl (C=O) groups is 1. The number of esters is 1. The summed E-state index contributed by atoms with van der Waals surface area (Å²) in [6.45, 7) is 0. The number of hydrogen-bond acceptors (Lipinski definition) is 2.